The summed E-state index contributed by atoms with van der Waals surface area (Å²) in [5.74, 6) is 12.5. The van der Waals surface area contributed by atoms with Crippen LogP contribution in [0.3, 0.4) is 0 Å². The van der Waals surface area contributed by atoms with Crippen LogP contribution in [0.1, 0.15) is 116 Å². The second kappa shape index (κ2) is 27.3. The van der Waals surface area contributed by atoms with Crippen molar-refractivity contribution in [1.29, 1.82) is 0 Å². The lowest BCUT2D eigenvalue weighted by atomic mass is 10.1. The number of rotatable bonds is 21. The number of hydrogen-bond donors (Lipinski definition) is 3. The molecule has 0 spiro atoms. The summed E-state index contributed by atoms with van der Waals surface area (Å²) in [4.78, 5) is 0. The van der Waals surface area contributed by atoms with Crippen LogP contribution >= 0.6 is 0 Å². The van der Waals surface area contributed by atoms with Crippen LogP contribution in [0.5, 0.6) is 0 Å². The molecule has 0 aliphatic carbocycles. The summed E-state index contributed by atoms with van der Waals surface area (Å²) < 4.78 is 0. The summed E-state index contributed by atoms with van der Waals surface area (Å²) in [7, 11) is 0. The minimum Gasteiger partial charge on any atom is -0.384 e. The minimum absolute atomic E-state index is 0.189. The van der Waals surface area contributed by atoms with Gasteiger partial charge in [0.1, 0.15) is 18.8 Å². The minimum atomic E-state index is -0.727. The highest BCUT2D eigenvalue weighted by Crippen LogP contribution is 2.12. The van der Waals surface area contributed by atoms with E-state index in [1.807, 2.05) is 6.08 Å². The number of aliphatic hydroxyl groups excluding tert-OH is 3. The third kappa shape index (κ3) is 26.3. The quantitative estimate of drug-likeness (QED) is 0.103. The zero-order valence-electron chi connectivity index (χ0n) is 21.3. The van der Waals surface area contributed by atoms with E-state index in [-0.39, 0.29) is 6.61 Å². The Labute approximate surface area is 210 Å². The maximum Gasteiger partial charge on any atom is 0.133 e. The van der Waals surface area contributed by atoms with E-state index in [0.29, 0.717) is 6.42 Å². The van der Waals surface area contributed by atoms with Crippen molar-refractivity contribution in [2.45, 2.75) is 128 Å². The first-order chi connectivity index (χ1) is 16.7. The molecule has 2 unspecified atom stereocenters. The van der Waals surface area contributed by atoms with E-state index >= 15 is 0 Å². The Hall–Kier alpha value is -1.96. The van der Waals surface area contributed by atoms with Crippen molar-refractivity contribution in [2.75, 3.05) is 6.61 Å². The lowest BCUT2D eigenvalue weighted by Gasteiger charge is -2.03. The summed E-state index contributed by atoms with van der Waals surface area (Å²) in [5, 5.41) is 27.4. The molecular weight excluding hydrogens is 420 g/mol. The molecule has 0 aromatic carbocycles. The second-order valence-electron chi connectivity index (χ2n) is 8.86. The summed E-state index contributed by atoms with van der Waals surface area (Å²) >= 11 is 0. The summed E-state index contributed by atoms with van der Waals surface area (Å²) in [6, 6.07) is 0. The largest absolute Gasteiger partial charge is 0.384 e. The maximum atomic E-state index is 9.70. The van der Waals surface area contributed by atoms with E-state index in [4.69, 9.17) is 11.5 Å². The van der Waals surface area contributed by atoms with Crippen LogP contribution in [0.2, 0.25) is 0 Å². The van der Waals surface area contributed by atoms with Gasteiger partial charge in [-0.1, -0.05) is 100 Å². The number of unbranched alkanes of at least 4 members (excludes halogenated alkanes) is 15. The van der Waals surface area contributed by atoms with Crippen LogP contribution in [0.25, 0.3) is 0 Å². The van der Waals surface area contributed by atoms with Gasteiger partial charge < -0.3 is 15.3 Å². The number of terminal acetylenes is 1. The predicted molar refractivity (Wildman–Crippen MR) is 145 cm³/mol. The van der Waals surface area contributed by atoms with Crippen LogP contribution in [0, 0.1) is 36.0 Å². The highest BCUT2D eigenvalue weighted by atomic mass is 16.3. The first-order valence-electron chi connectivity index (χ1n) is 13.4. The third-order valence-corrected chi connectivity index (χ3v) is 5.71. The topological polar surface area (TPSA) is 60.7 Å². The molecule has 3 nitrogen and oxygen atoms in total. The van der Waals surface area contributed by atoms with Crippen LogP contribution in [0.4, 0.5) is 0 Å². The van der Waals surface area contributed by atoms with Crippen molar-refractivity contribution in [3.05, 3.63) is 24.3 Å². The number of hydrogen-bond acceptors (Lipinski definition) is 3. The van der Waals surface area contributed by atoms with Gasteiger partial charge >= 0.3 is 0 Å². The highest BCUT2D eigenvalue weighted by Gasteiger charge is 1.98. The van der Waals surface area contributed by atoms with E-state index in [9.17, 15) is 10.2 Å². The Morgan fingerprint density at radius 3 is 1.59 bits per heavy atom. The molecule has 0 bridgehead atoms. The molecule has 0 aromatic rings. The van der Waals surface area contributed by atoms with E-state index in [0.717, 1.165) is 19.3 Å². The van der Waals surface area contributed by atoms with Crippen LogP contribution in [0.15, 0.2) is 24.3 Å². The zero-order chi connectivity index (χ0) is 25.0. The first-order valence-corrected chi connectivity index (χ1v) is 13.4. The van der Waals surface area contributed by atoms with Gasteiger partial charge in [0, 0.05) is 0 Å². The zero-order valence-corrected chi connectivity index (χ0v) is 21.3. The van der Waals surface area contributed by atoms with Crippen molar-refractivity contribution < 1.29 is 15.3 Å². The Kier molecular flexibility index (Phi) is 25.7. The number of allylic oxidation sites excluding steroid dienone is 3. The molecule has 3 N–H and O–H groups in total. The normalized spacial score (nSPS) is 12.6. The van der Waals surface area contributed by atoms with Crippen LogP contribution < -0.4 is 0 Å². The van der Waals surface area contributed by atoms with Crippen molar-refractivity contribution in [1.82, 2.24) is 0 Å². The smallest absolute Gasteiger partial charge is 0.133 e. The second-order valence-corrected chi connectivity index (χ2v) is 8.86. The molecule has 3 heteroatoms. The van der Waals surface area contributed by atoms with Gasteiger partial charge in [0.2, 0.25) is 0 Å². The Balaban J connectivity index is 3.28. The summed E-state index contributed by atoms with van der Waals surface area (Å²) in [6.07, 6.45) is 33.9. The van der Waals surface area contributed by atoms with Gasteiger partial charge in [-0.25, -0.2) is 0 Å². The Bertz CT molecular complexity index is 663. The fourth-order valence-electron chi connectivity index (χ4n) is 3.68. The Morgan fingerprint density at radius 2 is 1.09 bits per heavy atom. The molecule has 0 radical (unpaired) electrons. The lowest BCUT2D eigenvalue weighted by Crippen LogP contribution is -2.01. The van der Waals surface area contributed by atoms with E-state index in [1.54, 1.807) is 6.08 Å². The summed E-state index contributed by atoms with van der Waals surface area (Å²) in [5.41, 5.74) is 0. The molecule has 0 amide bonds. The monoisotopic (exact) mass is 468 g/mol. The lowest BCUT2D eigenvalue weighted by molar-refractivity contribution is 0.217. The van der Waals surface area contributed by atoms with Gasteiger partial charge in [-0.2, -0.15) is 0 Å². The van der Waals surface area contributed by atoms with Crippen molar-refractivity contribution in [3.63, 3.8) is 0 Å². The standard InChI is InChI=1S/C31H48O3/c1-2-30(33)26-22-19-17-15-13-11-9-7-5-3-4-6-8-10-12-14-16-18-20-23-27-31(34)28-24-21-25-29-32/h1,4,6,22,26,30-34H,3,5,7-20,23,27,29H2/b6-4-,26-22+. The molecule has 0 heterocycles. The summed E-state index contributed by atoms with van der Waals surface area (Å²) in [6.45, 7) is -0.189. The molecular formula is C31H48O3. The molecule has 0 aliphatic heterocycles. The average molecular weight is 469 g/mol. The molecule has 0 aliphatic rings. The Morgan fingerprint density at radius 1 is 0.618 bits per heavy atom. The predicted octanol–water partition coefficient (Wildman–Crippen LogP) is 6.47. The van der Waals surface area contributed by atoms with Crippen molar-refractivity contribution in [2.24, 2.45) is 0 Å². The maximum absolute atomic E-state index is 9.70. The molecule has 0 fully saturated rings. The number of aliphatic hydroxyl groups is 3. The van der Waals surface area contributed by atoms with Crippen LogP contribution in [-0.4, -0.2) is 34.1 Å². The van der Waals surface area contributed by atoms with E-state index in [2.05, 4.69) is 41.8 Å². The molecule has 0 saturated carbocycles. The molecule has 190 valence electrons. The fraction of sp³-hybridized carbons (Fsp3) is 0.677. The van der Waals surface area contributed by atoms with Gasteiger partial charge in [0.25, 0.3) is 0 Å². The SMILES string of the molecule is C#CC(O)/C=C/CCCCCCCCC/C=C\CCCCCCCCCC(O)C#CC#CCO. The van der Waals surface area contributed by atoms with Gasteiger partial charge in [-0.05, 0) is 69.3 Å². The highest BCUT2D eigenvalue weighted by molar-refractivity contribution is 5.27. The third-order valence-electron chi connectivity index (χ3n) is 5.71. The van der Waals surface area contributed by atoms with Crippen molar-refractivity contribution in [3.8, 4) is 36.0 Å². The van der Waals surface area contributed by atoms with Gasteiger partial charge in [0.05, 0.1) is 0 Å². The first kappa shape index (κ1) is 32.0. The molecule has 0 saturated heterocycles. The van der Waals surface area contributed by atoms with Gasteiger partial charge in [-0.15, -0.1) is 6.42 Å². The van der Waals surface area contributed by atoms with Gasteiger partial charge in [0.15, 0.2) is 0 Å². The van der Waals surface area contributed by atoms with Crippen molar-refractivity contribution >= 4 is 0 Å². The molecule has 34 heavy (non-hydrogen) atoms. The van der Waals surface area contributed by atoms with Gasteiger partial charge in [-0.3, -0.25) is 0 Å². The fourth-order valence-corrected chi connectivity index (χ4v) is 3.68. The van der Waals surface area contributed by atoms with Crippen LogP contribution in [-0.2, 0) is 0 Å². The average Bonchev–Trinajstić information content (AvgIpc) is 2.84. The van der Waals surface area contributed by atoms with E-state index in [1.165, 1.54) is 89.9 Å². The molecule has 2 atom stereocenters. The molecule has 0 aromatic heterocycles. The molecule has 0 rings (SSSR count). The van der Waals surface area contributed by atoms with E-state index < -0.39 is 12.2 Å².